The summed E-state index contributed by atoms with van der Waals surface area (Å²) in [4.78, 5) is 14.9. The Morgan fingerprint density at radius 2 is 1.88 bits per heavy atom. The van der Waals surface area contributed by atoms with Crippen molar-refractivity contribution in [2.45, 2.75) is 129 Å². The van der Waals surface area contributed by atoms with Crippen LogP contribution in [0.5, 0.6) is 5.75 Å². The van der Waals surface area contributed by atoms with Gasteiger partial charge in [-0.2, -0.15) is 0 Å². The molecule has 1 aromatic rings. The van der Waals surface area contributed by atoms with E-state index in [0.717, 1.165) is 63.0 Å². The molecule has 0 aromatic heterocycles. The van der Waals surface area contributed by atoms with Crippen LogP contribution in [0.3, 0.4) is 0 Å². The molecule has 3 saturated carbocycles. The Balaban J connectivity index is 1.26. The Hall–Kier alpha value is -1.65. The van der Waals surface area contributed by atoms with Crippen LogP contribution in [0.2, 0.25) is 0 Å². The number of nitrogens with zero attached hydrogens (tertiary/aromatic N) is 1. The normalized spacial score (nSPS) is 33.0. The number of aliphatic hydroxyl groups is 1. The standard InChI is InChI=1S/C36H55NO3/c1-5-29(6-2)37(4)34(7-3)28-11-9-13-31(24-28)40-21-20-36-19-18-27-22-25-10-8-12-30(38)23-26(25)14-15-32(27)33(36)16-17-35(36)39/h9,11,13,23-25,27,29,32-35,39H,5-8,10,12,14-22H2,1-4H3. The Labute approximate surface area is 243 Å². The molecule has 3 fully saturated rings. The molecule has 4 aliphatic carbocycles. The lowest BCUT2D eigenvalue weighted by Gasteiger charge is -2.49. The van der Waals surface area contributed by atoms with E-state index in [9.17, 15) is 9.90 Å². The first-order valence-electron chi connectivity index (χ1n) is 16.8. The molecule has 222 valence electrons. The minimum Gasteiger partial charge on any atom is -0.494 e. The number of aliphatic hydroxyl groups excluding tert-OH is 1. The van der Waals surface area contributed by atoms with Crippen LogP contribution in [-0.2, 0) is 4.79 Å². The molecule has 4 aliphatic rings. The van der Waals surface area contributed by atoms with Gasteiger partial charge in [0.2, 0.25) is 0 Å². The molecule has 1 N–H and O–H groups in total. The van der Waals surface area contributed by atoms with Crippen LogP contribution in [0, 0.1) is 29.1 Å². The number of allylic oxidation sites excluding steroid dienone is 2. The maximum absolute atomic E-state index is 12.3. The Bertz CT molecular complexity index is 1030. The highest BCUT2D eigenvalue weighted by molar-refractivity contribution is 5.90. The second kappa shape index (κ2) is 13.1. The molecule has 0 amide bonds. The van der Waals surface area contributed by atoms with Crippen LogP contribution in [0.25, 0.3) is 0 Å². The highest BCUT2D eigenvalue weighted by Gasteiger charge is 2.56. The molecule has 40 heavy (non-hydrogen) atoms. The summed E-state index contributed by atoms with van der Waals surface area (Å²) >= 11 is 0. The van der Waals surface area contributed by atoms with Crippen molar-refractivity contribution in [3.63, 3.8) is 0 Å². The number of rotatable bonds is 10. The zero-order valence-corrected chi connectivity index (χ0v) is 25.7. The Kier molecular flexibility index (Phi) is 9.78. The van der Waals surface area contributed by atoms with Crippen LogP contribution < -0.4 is 4.74 Å². The van der Waals surface area contributed by atoms with E-state index in [4.69, 9.17) is 4.74 Å². The molecule has 4 heteroatoms. The number of ketones is 1. The number of fused-ring (bicyclic) bond motifs is 4. The maximum Gasteiger partial charge on any atom is 0.155 e. The average molecular weight is 550 g/mol. The zero-order chi connectivity index (χ0) is 28.3. The second-order valence-electron chi connectivity index (χ2n) is 13.7. The van der Waals surface area contributed by atoms with Gasteiger partial charge in [0.05, 0.1) is 12.7 Å². The van der Waals surface area contributed by atoms with Crippen molar-refractivity contribution in [2.75, 3.05) is 13.7 Å². The number of carbonyl (C=O) groups is 1. The average Bonchev–Trinajstić information content (AvgIpc) is 3.06. The molecule has 5 rings (SSSR count). The van der Waals surface area contributed by atoms with Crippen molar-refractivity contribution < 1.29 is 14.6 Å². The Morgan fingerprint density at radius 1 is 1.05 bits per heavy atom. The molecule has 0 spiro atoms. The van der Waals surface area contributed by atoms with E-state index < -0.39 is 0 Å². The first kappa shape index (κ1) is 29.8. The number of ether oxygens (including phenoxy) is 1. The van der Waals surface area contributed by atoms with Crippen molar-refractivity contribution >= 4 is 5.78 Å². The number of hydrogen-bond acceptors (Lipinski definition) is 4. The third kappa shape index (κ3) is 5.95. The molecule has 0 heterocycles. The molecule has 0 aliphatic heterocycles. The summed E-state index contributed by atoms with van der Waals surface area (Å²) in [7, 11) is 2.27. The fourth-order valence-corrected chi connectivity index (χ4v) is 9.75. The van der Waals surface area contributed by atoms with Crippen molar-refractivity contribution in [3.8, 4) is 5.75 Å². The van der Waals surface area contributed by atoms with E-state index in [1.54, 1.807) is 0 Å². The molecular formula is C36H55NO3. The van der Waals surface area contributed by atoms with Crippen LogP contribution in [0.1, 0.15) is 122 Å². The summed E-state index contributed by atoms with van der Waals surface area (Å²) in [6.45, 7) is 7.54. The summed E-state index contributed by atoms with van der Waals surface area (Å²) in [6, 6.07) is 9.77. The predicted molar refractivity (Wildman–Crippen MR) is 163 cm³/mol. The van der Waals surface area contributed by atoms with Gasteiger partial charge in [0, 0.05) is 23.9 Å². The number of carbonyl (C=O) groups excluding carboxylic acids is 1. The highest BCUT2D eigenvalue weighted by atomic mass is 16.5. The van der Waals surface area contributed by atoms with Gasteiger partial charge in [-0.3, -0.25) is 9.69 Å². The van der Waals surface area contributed by atoms with Crippen LogP contribution in [-0.4, -0.2) is 41.6 Å². The third-order valence-electron chi connectivity index (χ3n) is 11.9. The summed E-state index contributed by atoms with van der Waals surface area (Å²) in [6.07, 6.45) is 17.2. The largest absolute Gasteiger partial charge is 0.494 e. The van der Waals surface area contributed by atoms with E-state index in [-0.39, 0.29) is 11.5 Å². The first-order valence-corrected chi connectivity index (χ1v) is 16.8. The van der Waals surface area contributed by atoms with Gasteiger partial charge in [0.1, 0.15) is 5.75 Å². The van der Waals surface area contributed by atoms with Crippen LogP contribution >= 0.6 is 0 Å². The predicted octanol–water partition coefficient (Wildman–Crippen LogP) is 8.29. The maximum atomic E-state index is 12.3. The van der Waals surface area contributed by atoms with Crippen molar-refractivity contribution in [3.05, 3.63) is 41.5 Å². The van der Waals surface area contributed by atoms with Crippen molar-refractivity contribution in [2.24, 2.45) is 29.1 Å². The summed E-state index contributed by atoms with van der Waals surface area (Å²) < 4.78 is 6.48. The van der Waals surface area contributed by atoms with E-state index in [2.05, 4.69) is 57.0 Å². The highest BCUT2D eigenvalue weighted by Crippen LogP contribution is 2.61. The van der Waals surface area contributed by atoms with E-state index in [0.29, 0.717) is 42.2 Å². The number of hydrogen-bond donors (Lipinski definition) is 1. The first-order chi connectivity index (χ1) is 19.4. The van der Waals surface area contributed by atoms with Gasteiger partial charge in [0.15, 0.2) is 5.78 Å². The van der Waals surface area contributed by atoms with Gasteiger partial charge in [-0.15, -0.1) is 0 Å². The summed E-state index contributed by atoms with van der Waals surface area (Å²) in [5, 5.41) is 11.4. The lowest BCUT2D eigenvalue weighted by Crippen LogP contribution is -2.46. The third-order valence-corrected chi connectivity index (χ3v) is 11.9. The van der Waals surface area contributed by atoms with Crippen LogP contribution in [0.15, 0.2) is 35.9 Å². The minimum atomic E-state index is -0.207. The lowest BCUT2D eigenvalue weighted by atomic mass is 9.56. The summed E-state index contributed by atoms with van der Waals surface area (Å²) in [5.41, 5.74) is 2.79. The summed E-state index contributed by atoms with van der Waals surface area (Å²) in [5.74, 6) is 3.96. The minimum absolute atomic E-state index is 0.00295. The van der Waals surface area contributed by atoms with Crippen molar-refractivity contribution in [1.82, 2.24) is 4.90 Å². The molecule has 0 saturated heterocycles. The molecule has 0 bridgehead atoms. The fourth-order valence-electron chi connectivity index (χ4n) is 9.75. The SMILES string of the molecule is CCC(CC)N(C)C(CC)c1cccc(OCCC23CCC4CC5CCCC(=O)C=C5CCC4C2CCC3O)c1. The van der Waals surface area contributed by atoms with Crippen molar-refractivity contribution in [1.29, 1.82) is 0 Å². The molecule has 7 unspecified atom stereocenters. The van der Waals surface area contributed by atoms with E-state index in [1.165, 1.54) is 49.7 Å². The van der Waals surface area contributed by atoms with E-state index in [1.807, 2.05) is 6.08 Å². The van der Waals surface area contributed by atoms with Gasteiger partial charge in [-0.05, 0) is 138 Å². The van der Waals surface area contributed by atoms with Gasteiger partial charge < -0.3 is 9.84 Å². The second-order valence-corrected chi connectivity index (χ2v) is 13.7. The fraction of sp³-hybridized carbons (Fsp3) is 0.750. The van der Waals surface area contributed by atoms with E-state index >= 15 is 0 Å². The molecule has 4 nitrogen and oxygen atoms in total. The molecule has 7 atom stereocenters. The zero-order valence-electron chi connectivity index (χ0n) is 25.7. The van der Waals surface area contributed by atoms with Gasteiger partial charge in [0.25, 0.3) is 0 Å². The van der Waals surface area contributed by atoms with Crippen LogP contribution in [0.4, 0.5) is 0 Å². The molecule has 1 aromatic carbocycles. The topological polar surface area (TPSA) is 49.8 Å². The monoisotopic (exact) mass is 549 g/mol. The molecule has 0 radical (unpaired) electrons. The van der Waals surface area contributed by atoms with Gasteiger partial charge in [-0.25, -0.2) is 0 Å². The quantitative estimate of drug-likeness (QED) is 0.319. The molecular weight excluding hydrogens is 494 g/mol. The number of benzene rings is 1. The lowest BCUT2D eigenvalue weighted by molar-refractivity contribution is -0.114. The Morgan fingerprint density at radius 3 is 2.65 bits per heavy atom. The smallest absolute Gasteiger partial charge is 0.155 e. The van der Waals surface area contributed by atoms with Gasteiger partial charge >= 0.3 is 0 Å². The van der Waals surface area contributed by atoms with Gasteiger partial charge in [-0.1, -0.05) is 38.5 Å².